The Morgan fingerprint density at radius 3 is 2.34 bits per heavy atom. The Labute approximate surface area is 254 Å². The molecule has 11 heteroatoms. The van der Waals surface area contributed by atoms with Crippen LogP contribution in [0.1, 0.15) is 36.0 Å². The van der Waals surface area contributed by atoms with Crippen LogP contribution >= 0.6 is 0 Å². The predicted molar refractivity (Wildman–Crippen MR) is 157 cm³/mol. The highest BCUT2D eigenvalue weighted by atomic mass is 16.7. The molecule has 0 aliphatic carbocycles. The molecule has 44 heavy (non-hydrogen) atoms. The highest BCUT2D eigenvalue weighted by Crippen LogP contribution is 2.48. The average Bonchev–Trinajstić information content (AvgIpc) is 3.61. The van der Waals surface area contributed by atoms with E-state index in [0.29, 0.717) is 76.2 Å². The topological polar surface area (TPSA) is 128 Å². The van der Waals surface area contributed by atoms with Crippen molar-refractivity contribution < 1.29 is 52.6 Å². The van der Waals surface area contributed by atoms with Crippen LogP contribution in [0.5, 0.6) is 34.5 Å². The van der Waals surface area contributed by atoms with Crippen LogP contribution in [0.3, 0.4) is 0 Å². The fourth-order valence-electron chi connectivity index (χ4n) is 5.19. The summed E-state index contributed by atoms with van der Waals surface area (Å²) in [4.78, 5) is 25.0. The van der Waals surface area contributed by atoms with Crippen molar-refractivity contribution in [3.8, 4) is 34.5 Å². The lowest BCUT2D eigenvalue weighted by molar-refractivity contribution is -0.185. The van der Waals surface area contributed by atoms with Crippen LogP contribution in [0.15, 0.2) is 60.2 Å². The number of hydrogen-bond donors (Lipinski definition) is 1. The number of esters is 2. The molecule has 232 valence electrons. The molecular weight excluding hydrogens is 572 g/mol. The summed E-state index contributed by atoms with van der Waals surface area (Å²) < 4.78 is 44.0. The molecule has 3 aromatic rings. The fourth-order valence-corrected chi connectivity index (χ4v) is 5.19. The molecule has 1 N–H and O–H groups in total. The van der Waals surface area contributed by atoms with Gasteiger partial charge in [0.2, 0.25) is 12.5 Å². The molecule has 0 radical (unpaired) electrons. The lowest BCUT2D eigenvalue weighted by atomic mass is 9.88. The van der Waals surface area contributed by atoms with Crippen LogP contribution in [0, 0.1) is 0 Å². The van der Waals surface area contributed by atoms with Gasteiger partial charge in [-0.05, 0) is 72.5 Å². The normalized spacial score (nSPS) is 16.9. The summed E-state index contributed by atoms with van der Waals surface area (Å²) in [6.07, 6.45) is 1.56. The van der Waals surface area contributed by atoms with Crippen LogP contribution in [-0.4, -0.2) is 58.9 Å². The number of fused-ring (bicyclic) bond motifs is 1. The first-order valence-electron chi connectivity index (χ1n) is 14.0. The second-order valence-electron chi connectivity index (χ2n) is 10.1. The molecule has 1 atom stereocenters. The molecule has 11 nitrogen and oxygen atoms in total. The average molecular weight is 607 g/mol. The van der Waals surface area contributed by atoms with E-state index in [9.17, 15) is 14.7 Å². The third-order valence-electron chi connectivity index (χ3n) is 7.44. The highest BCUT2D eigenvalue weighted by Gasteiger charge is 2.48. The number of carbonyl (C=O) groups excluding carboxylic acids is 2. The van der Waals surface area contributed by atoms with E-state index in [0.717, 1.165) is 0 Å². The minimum atomic E-state index is -2.09. The number of cyclic esters (lactones) is 1. The van der Waals surface area contributed by atoms with Gasteiger partial charge in [0.1, 0.15) is 5.75 Å². The third-order valence-corrected chi connectivity index (χ3v) is 7.44. The van der Waals surface area contributed by atoms with E-state index < -0.39 is 11.8 Å². The molecule has 0 saturated carbocycles. The number of hydrogen-bond acceptors (Lipinski definition) is 11. The number of methoxy groups -OCH3 is 4. The van der Waals surface area contributed by atoms with Crippen molar-refractivity contribution in [2.45, 2.75) is 31.5 Å². The minimum absolute atomic E-state index is 0.0715. The maximum absolute atomic E-state index is 13.5. The van der Waals surface area contributed by atoms with Gasteiger partial charge in [0.15, 0.2) is 23.0 Å². The summed E-state index contributed by atoms with van der Waals surface area (Å²) in [6, 6.07) is 15.3. The van der Waals surface area contributed by atoms with Crippen LogP contribution < -0.4 is 28.4 Å². The Morgan fingerprint density at radius 2 is 1.64 bits per heavy atom. The molecule has 2 heterocycles. The summed E-state index contributed by atoms with van der Waals surface area (Å²) in [6.45, 7) is 0.379. The van der Waals surface area contributed by atoms with Crippen LogP contribution in [0.25, 0.3) is 5.57 Å². The van der Waals surface area contributed by atoms with Gasteiger partial charge in [-0.15, -0.1) is 0 Å². The first-order valence-corrected chi connectivity index (χ1v) is 14.0. The van der Waals surface area contributed by atoms with Gasteiger partial charge in [0, 0.05) is 24.0 Å². The van der Waals surface area contributed by atoms with Gasteiger partial charge in [0.25, 0.3) is 5.79 Å². The van der Waals surface area contributed by atoms with E-state index in [1.165, 1.54) is 28.4 Å². The molecule has 0 fully saturated rings. The lowest BCUT2D eigenvalue weighted by Gasteiger charge is -2.26. The minimum Gasteiger partial charge on any atom is -0.497 e. The summed E-state index contributed by atoms with van der Waals surface area (Å²) in [5.41, 5.74) is 2.01. The zero-order chi connectivity index (χ0) is 31.3. The van der Waals surface area contributed by atoms with E-state index in [2.05, 4.69) is 0 Å². The summed E-state index contributed by atoms with van der Waals surface area (Å²) in [5.74, 6) is -0.250. The van der Waals surface area contributed by atoms with E-state index in [4.69, 9.17) is 37.9 Å². The van der Waals surface area contributed by atoms with Crippen LogP contribution in [0.4, 0.5) is 0 Å². The monoisotopic (exact) mass is 606 g/mol. The van der Waals surface area contributed by atoms with Crippen molar-refractivity contribution in [2.75, 3.05) is 41.8 Å². The summed E-state index contributed by atoms with van der Waals surface area (Å²) in [7, 11) is 5.91. The van der Waals surface area contributed by atoms with Gasteiger partial charge in [-0.1, -0.05) is 6.07 Å². The standard InChI is InChI=1S/C33H34O11/c1-37-23-11-9-22(10-12-23)33(36)24(30(32(35)44-33)21-8-13-25-26(18-21)43-19-42-25)15-20-16-27(38-2)31(40-4)28(17-20)41-14-6-5-7-29(34)39-3/h8-13,16-18,36H,5-7,14-15,19H2,1-4H3. The zero-order valence-corrected chi connectivity index (χ0v) is 25.0. The van der Waals surface area contributed by atoms with E-state index in [-0.39, 0.29) is 31.2 Å². The van der Waals surface area contributed by atoms with E-state index in [1.54, 1.807) is 54.6 Å². The van der Waals surface area contributed by atoms with Crippen molar-refractivity contribution in [1.82, 2.24) is 0 Å². The molecule has 5 rings (SSSR count). The fraction of sp³-hybridized carbons (Fsp3) is 0.333. The Kier molecular flexibility index (Phi) is 9.15. The first-order chi connectivity index (χ1) is 21.3. The maximum atomic E-state index is 13.5. The molecule has 0 bridgehead atoms. The Morgan fingerprint density at radius 1 is 0.886 bits per heavy atom. The molecule has 2 aliphatic rings. The van der Waals surface area contributed by atoms with Gasteiger partial charge in [-0.3, -0.25) is 4.79 Å². The molecular formula is C33H34O11. The summed E-state index contributed by atoms with van der Waals surface area (Å²) in [5, 5.41) is 12.1. The largest absolute Gasteiger partial charge is 0.497 e. The van der Waals surface area contributed by atoms with Crippen molar-refractivity contribution in [3.63, 3.8) is 0 Å². The van der Waals surface area contributed by atoms with E-state index in [1.807, 2.05) is 0 Å². The molecule has 0 saturated heterocycles. The number of unbranched alkanes of at least 4 members (excludes halogenated alkanes) is 1. The Bertz CT molecular complexity index is 1560. The second kappa shape index (κ2) is 13.2. The van der Waals surface area contributed by atoms with Gasteiger partial charge >= 0.3 is 11.9 Å². The van der Waals surface area contributed by atoms with Crippen molar-refractivity contribution >= 4 is 17.5 Å². The van der Waals surface area contributed by atoms with Crippen LogP contribution in [-0.2, 0) is 31.3 Å². The first kappa shape index (κ1) is 30.6. The third kappa shape index (κ3) is 6.09. The molecule has 1 unspecified atom stereocenters. The van der Waals surface area contributed by atoms with Crippen molar-refractivity contribution in [2.24, 2.45) is 0 Å². The predicted octanol–water partition coefficient (Wildman–Crippen LogP) is 4.56. The zero-order valence-electron chi connectivity index (χ0n) is 25.0. The van der Waals surface area contributed by atoms with Crippen molar-refractivity contribution in [3.05, 3.63) is 76.9 Å². The lowest BCUT2D eigenvalue weighted by Crippen LogP contribution is -2.29. The maximum Gasteiger partial charge on any atom is 0.342 e. The second-order valence-corrected chi connectivity index (χ2v) is 10.1. The van der Waals surface area contributed by atoms with Crippen LogP contribution in [0.2, 0.25) is 0 Å². The molecule has 0 aromatic heterocycles. The number of benzene rings is 3. The SMILES string of the molecule is COC(=O)CCCCOc1cc(CC2=C(c3ccc4c(c3)OCO4)C(=O)OC2(O)c2ccc(OC)cc2)cc(OC)c1OC. The number of carbonyl (C=O) groups is 2. The number of rotatable bonds is 13. The highest BCUT2D eigenvalue weighted by molar-refractivity contribution is 6.20. The molecule has 3 aromatic carbocycles. The Hall–Kier alpha value is -4.90. The van der Waals surface area contributed by atoms with Gasteiger partial charge in [0.05, 0.1) is 40.6 Å². The quantitative estimate of drug-likeness (QED) is 0.217. The smallest absolute Gasteiger partial charge is 0.342 e. The molecule has 2 aliphatic heterocycles. The van der Waals surface area contributed by atoms with Gasteiger partial charge < -0.3 is 43.0 Å². The molecule has 0 amide bonds. The Balaban J connectivity index is 1.55. The number of ether oxygens (including phenoxy) is 8. The molecule has 0 spiro atoms. The van der Waals surface area contributed by atoms with Gasteiger partial charge in [-0.2, -0.15) is 0 Å². The number of aliphatic hydroxyl groups is 1. The van der Waals surface area contributed by atoms with Crippen molar-refractivity contribution in [1.29, 1.82) is 0 Å². The van der Waals surface area contributed by atoms with Gasteiger partial charge in [-0.25, -0.2) is 4.79 Å². The summed E-state index contributed by atoms with van der Waals surface area (Å²) >= 11 is 0. The van der Waals surface area contributed by atoms with E-state index >= 15 is 0 Å².